The van der Waals surface area contributed by atoms with Crippen LogP contribution < -0.4 is 10.4 Å². The summed E-state index contributed by atoms with van der Waals surface area (Å²) in [6.45, 7) is 2.85. The molecule has 1 aliphatic rings. The first kappa shape index (κ1) is 16.3. The van der Waals surface area contributed by atoms with E-state index in [9.17, 15) is 9.59 Å². The number of rotatable bonds is 6. The van der Waals surface area contributed by atoms with Gasteiger partial charge in [0.05, 0.1) is 19.2 Å². The zero-order valence-electron chi connectivity index (χ0n) is 13.7. The molecule has 126 valence electrons. The highest BCUT2D eigenvalue weighted by atomic mass is 16.5. The number of ether oxygens (including phenoxy) is 1. The van der Waals surface area contributed by atoms with E-state index in [1.54, 1.807) is 17.9 Å². The average molecular weight is 327 g/mol. The Balaban J connectivity index is 1.39. The third kappa shape index (κ3) is 4.25. The van der Waals surface area contributed by atoms with Crippen LogP contribution in [0.3, 0.4) is 0 Å². The number of hydrogen-bond donors (Lipinski definition) is 0. The second kappa shape index (κ2) is 7.34. The summed E-state index contributed by atoms with van der Waals surface area (Å²) in [5, 5.41) is 0. The molecule has 0 spiro atoms. The zero-order valence-corrected chi connectivity index (χ0v) is 13.7. The molecule has 3 rings (SSSR count). The van der Waals surface area contributed by atoms with Gasteiger partial charge in [0.2, 0.25) is 5.91 Å². The summed E-state index contributed by atoms with van der Waals surface area (Å²) in [4.78, 5) is 25.2. The van der Waals surface area contributed by atoms with E-state index in [0.717, 1.165) is 12.8 Å². The number of hydrogen-bond acceptors (Lipinski definition) is 4. The maximum Gasteiger partial charge on any atom is 0.339 e. The lowest BCUT2D eigenvalue weighted by Crippen LogP contribution is -2.56. The van der Waals surface area contributed by atoms with E-state index in [1.807, 2.05) is 18.2 Å². The molecule has 0 atom stereocenters. The first-order valence-corrected chi connectivity index (χ1v) is 8.20. The summed E-state index contributed by atoms with van der Waals surface area (Å²) in [5.74, 6) is 1.19. The van der Waals surface area contributed by atoms with Gasteiger partial charge in [0.1, 0.15) is 17.6 Å². The molecule has 0 bridgehead atoms. The van der Waals surface area contributed by atoms with Crippen molar-refractivity contribution in [2.24, 2.45) is 0 Å². The van der Waals surface area contributed by atoms with Crippen molar-refractivity contribution in [3.05, 3.63) is 64.2 Å². The zero-order chi connectivity index (χ0) is 16.9. The Morgan fingerprint density at radius 2 is 2.00 bits per heavy atom. The van der Waals surface area contributed by atoms with Gasteiger partial charge in [-0.05, 0) is 25.3 Å². The fraction of sp³-hybridized carbons (Fsp3) is 0.368. The van der Waals surface area contributed by atoms with E-state index >= 15 is 0 Å². The van der Waals surface area contributed by atoms with Crippen molar-refractivity contribution in [2.45, 2.75) is 32.3 Å². The Kier molecular flexibility index (Phi) is 4.99. The summed E-state index contributed by atoms with van der Waals surface area (Å²) in [7, 11) is 0. The van der Waals surface area contributed by atoms with Crippen LogP contribution in [0.25, 0.3) is 0 Å². The second-order valence-corrected chi connectivity index (χ2v) is 6.10. The van der Waals surface area contributed by atoms with Crippen LogP contribution in [-0.2, 0) is 11.2 Å². The summed E-state index contributed by atoms with van der Waals surface area (Å²) >= 11 is 0. The highest BCUT2D eigenvalue weighted by Crippen LogP contribution is 2.19. The SMILES string of the molecule is Cc1cc(OC2CN(C(=O)CCCc3ccccc3)C2)cc(=O)o1. The van der Waals surface area contributed by atoms with Gasteiger partial charge in [-0.1, -0.05) is 30.3 Å². The van der Waals surface area contributed by atoms with Gasteiger partial charge in [-0.2, -0.15) is 0 Å². The van der Waals surface area contributed by atoms with E-state index in [-0.39, 0.29) is 12.0 Å². The molecule has 1 aromatic carbocycles. The Hall–Kier alpha value is -2.56. The predicted octanol–water partition coefficient (Wildman–Crippen LogP) is 2.56. The average Bonchev–Trinajstić information content (AvgIpc) is 2.50. The Morgan fingerprint density at radius 1 is 1.25 bits per heavy atom. The summed E-state index contributed by atoms with van der Waals surface area (Å²) in [6.07, 6.45) is 2.27. The number of amides is 1. The monoisotopic (exact) mass is 327 g/mol. The topological polar surface area (TPSA) is 59.8 Å². The Labute approximate surface area is 140 Å². The van der Waals surface area contributed by atoms with Gasteiger partial charge < -0.3 is 14.1 Å². The third-order valence-electron chi connectivity index (χ3n) is 4.07. The van der Waals surface area contributed by atoms with Crippen molar-refractivity contribution in [1.29, 1.82) is 0 Å². The molecule has 1 aromatic heterocycles. The fourth-order valence-corrected chi connectivity index (χ4v) is 2.80. The van der Waals surface area contributed by atoms with Crippen LogP contribution in [0.2, 0.25) is 0 Å². The van der Waals surface area contributed by atoms with E-state index in [4.69, 9.17) is 9.15 Å². The summed E-state index contributed by atoms with van der Waals surface area (Å²) in [5.41, 5.74) is 0.839. The van der Waals surface area contributed by atoms with Crippen LogP contribution in [0.5, 0.6) is 5.75 Å². The molecule has 24 heavy (non-hydrogen) atoms. The molecule has 5 nitrogen and oxygen atoms in total. The molecular formula is C19H21NO4. The van der Waals surface area contributed by atoms with Gasteiger partial charge in [0.25, 0.3) is 0 Å². The van der Waals surface area contributed by atoms with Crippen molar-refractivity contribution in [2.75, 3.05) is 13.1 Å². The van der Waals surface area contributed by atoms with Crippen LogP contribution in [0, 0.1) is 6.92 Å². The number of carbonyl (C=O) groups is 1. The molecule has 5 heteroatoms. The lowest BCUT2D eigenvalue weighted by atomic mass is 10.1. The molecule has 1 amide bonds. The number of carbonyl (C=O) groups excluding carboxylic acids is 1. The lowest BCUT2D eigenvalue weighted by molar-refractivity contribution is -0.140. The number of likely N-dealkylation sites (tertiary alicyclic amines) is 1. The Morgan fingerprint density at radius 3 is 2.71 bits per heavy atom. The van der Waals surface area contributed by atoms with E-state index in [0.29, 0.717) is 31.0 Å². The molecule has 1 fully saturated rings. The molecule has 1 saturated heterocycles. The smallest absolute Gasteiger partial charge is 0.339 e. The minimum Gasteiger partial charge on any atom is -0.486 e. The van der Waals surface area contributed by atoms with Crippen LogP contribution in [0.15, 0.2) is 51.7 Å². The van der Waals surface area contributed by atoms with Gasteiger partial charge in [0, 0.05) is 12.5 Å². The predicted molar refractivity (Wildman–Crippen MR) is 90.1 cm³/mol. The normalized spacial score (nSPS) is 14.3. The largest absolute Gasteiger partial charge is 0.486 e. The van der Waals surface area contributed by atoms with E-state index in [1.165, 1.54) is 11.6 Å². The first-order valence-electron chi connectivity index (χ1n) is 8.20. The lowest BCUT2D eigenvalue weighted by Gasteiger charge is -2.39. The first-order chi connectivity index (χ1) is 11.6. The van der Waals surface area contributed by atoms with Crippen LogP contribution in [-0.4, -0.2) is 30.0 Å². The van der Waals surface area contributed by atoms with Crippen molar-refractivity contribution >= 4 is 5.91 Å². The number of aryl methyl sites for hydroxylation is 2. The minimum atomic E-state index is -0.418. The molecule has 0 unspecified atom stereocenters. The second-order valence-electron chi connectivity index (χ2n) is 6.10. The molecule has 0 N–H and O–H groups in total. The van der Waals surface area contributed by atoms with E-state index in [2.05, 4.69) is 12.1 Å². The minimum absolute atomic E-state index is 0.0516. The molecule has 2 aromatic rings. The highest BCUT2D eigenvalue weighted by Gasteiger charge is 2.31. The van der Waals surface area contributed by atoms with E-state index < -0.39 is 5.63 Å². The number of nitrogens with zero attached hydrogens (tertiary/aromatic N) is 1. The van der Waals surface area contributed by atoms with Crippen LogP contribution in [0.1, 0.15) is 24.2 Å². The quantitative estimate of drug-likeness (QED) is 0.818. The van der Waals surface area contributed by atoms with Gasteiger partial charge in [-0.3, -0.25) is 4.79 Å². The van der Waals surface area contributed by atoms with Gasteiger partial charge in [0.15, 0.2) is 0 Å². The Bertz CT molecular complexity index is 747. The molecular weight excluding hydrogens is 306 g/mol. The molecule has 2 heterocycles. The van der Waals surface area contributed by atoms with Gasteiger partial charge >= 0.3 is 5.63 Å². The summed E-state index contributed by atoms with van der Waals surface area (Å²) < 4.78 is 10.6. The fourth-order valence-electron chi connectivity index (χ4n) is 2.80. The van der Waals surface area contributed by atoms with Crippen molar-refractivity contribution < 1.29 is 13.9 Å². The standard InChI is InChI=1S/C19H21NO4/c1-14-10-16(11-19(22)23-14)24-17-12-20(13-17)18(21)9-5-8-15-6-3-2-4-7-15/h2-4,6-7,10-11,17H,5,8-9,12-13H2,1H3. The van der Waals surface area contributed by atoms with Crippen molar-refractivity contribution in [3.63, 3.8) is 0 Å². The van der Waals surface area contributed by atoms with Crippen molar-refractivity contribution in [3.8, 4) is 5.75 Å². The molecule has 0 aliphatic carbocycles. The molecule has 0 saturated carbocycles. The van der Waals surface area contributed by atoms with Crippen LogP contribution >= 0.6 is 0 Å². The molecule has 0 radical (unpaired) electrons. The maximum atomic E-state index is 12.1. The third-order valence-corrected chi connectivity index (χ3v) is 4.07. The highest BCUT2D eigenvalue weighted by molar-refractivity contribution is 5.77. The van der Waals surface area contributed by atoms with Crippen molar-refractivity contribution in [1.82, 2.24) is 4.90 Å². The maximum absolute atomic E-state index is 12.1. The number of benzene rings is 1. The van der Waals surface area contributed by atoms with Crippen LogP contribution in [0.4, 0.5) is 0 Å². The van der Waals surface area contributed by atoms with Gasteiger partial charge in [-0.25, -0.2) is 4.79 Å². The van der Waals surface area contributed by atoms with Gasteiger partial charge in [-0.15, -0.1) is 0 Å². The molecule has 1 aliphatic heterocycles. The summed E-state index contributed by atoms with van der Waals surface area (Å²) in [6, 6.07) is 13.2.